The van der Waals surface area contributed by atoms with Crippen LogP contribution in [0, 0.1) is 11.8 Å². The van der Waals surface area contributed by atoms with Gasteiger partial charge < -0.3 is 19.3 Å². The molecule has 2 unspecified atom stereocenters. The van der Waals surface area contributed by atoms with Gasteiger partial charge in [-0.05, 0) is 32.9 Å². The highest BCUT2D eigenvalue weighted by Gasteiger charge is 2.40. The lowest BCUT2D eigenvalue weighted by atomic mass is 10.1. The lowest BCUT2D eigenvalue weighted by Crippen LogP contribution is -2.63. The van der Waals surface area contributed by atoms with Crippen LogP contribution >= 0.6 is 0 Å². The van der Waals surface area contributed by atoms with Crippen molar-refractivity contribution < 1.29 is 19.1 Å². The Labute approximate surface area is 174 Å². The quantitative estimate of drug-likeness (QED) is 0.658. The summed E-state index contributed by atoms with van der Waals surface area (Å²) in [6, 6.07) is 3.56. The first kappa shape index (κ1) is 20.2. The molecule has 2 aliphatic heterocycles. The Bertz CT molecular complexity index is 1020. The molecule has 0 aromatic carbocycles. The van der Waals surface area contributed by atoms with Gasteiger partial charge in [0.05, 0.1) is 18.2 Å². The van der Waals surface area contributed by atoms with Crippen molar-refractivity contribution >= 4 is 17.6 Å². The zero-order chi connectivity index (χ0) is 21.3. The van der Waals surface area contributed by atoms with E-state index in [2.05, 4.69) is 21.9 Å². The third-order valence-electron chi connectivity index (χ3n) is 5.00. The molecule has 4 heterocycles. The van der Waals surface area contributed by atoms with Gasteiger partial charge in [-0.3, -0.25) is 4.79 Å². The minimum absolute atomic E-state index is 0.0786. The highest BCUT2D eigenvalue weighted by Crippen LogP contribution is 2.21. The first-order valence-corrected chi connectivity index (χ1v) is 9.99. The fraction of sp³-hybridized carbons (Fsp3) is 0.524. The van der Waals surface area contributed by atoms with Crippen LogP contribution in [0.15, 0.2) is 24.7 Å². The minimum atomic E-state index is -0.598. The topological polar surface area (TPSA) is 89.3 Å². The standard InChI is InChI=1S/C21H25N5O4/c1-21(2,3)30-20(28)24-10-11-25-16(12-24)13-29-17(19(25)27)8-4-6-15-7-5-9-26-18(15)22-14-23-26/h5,7,9,14,16-17H,8,10-13H2,1-3H3. The van der Waals surface area contributed by atoms with Gasteiger partial charge in [0.25, 0.3) is 5.91 Å². The van der Waals surface area contributed by atoms with Crippen LogP contribution in [0.2, 0.25) is 0 Å². The molecule has 0 saturated carbocycles. The molecule has 0 radical (unpaired) electrons. The van der Waals surface area contributed by atoms with Gasteiger partial charge in [0.1, 0.15) is 18.0 Å². The van der Waals surface area contributed by atoms with E-state index < -0.39 is 11.7 Å². The van der Waals surface area contributed by atoms with Crippen LogP contribution in [0.5, 0.6) is 0 Å². The number of hydrogen-bond donors (Lipinski definition) is 0. The number of nitrogens with zero attached hydrogens (tertiary/aromatic N) is 5. The van der Waals surface area contributed by atoms with Gasteiger partial charge in [0, 0.05) is 32.3 Å². The van der Waals surface area contributed by atoms with E-state index in [-0.39, 0.29) is 18.0 Å². The van der Waals surface area contributed by atoms with E-state index in [1.165, 1.54) is 6.33 Å². The maximum absolute atomic E-state index is 12.9. The molecule has 2 atom stereocenters. The van der Waals surface area contributed by atoms with E-state index in [9.17, 15) is 9.59 Å². The van der Waals surface area contributed by atoms with Gasteiger partial charge >= 0.3 is 6.09 Å². The lowest BCUT2D eigenvalue weighted by Gasteiger charge is -2.45. The number of fused-ring (bicyclic) bond motifs is 2. The second kappa shape index (κ2) is 7.95. The van der Waals surface area contributed by atoms with Crippen molar-refractivity contribution in [1.29, 1.82) is 0 Å². The van der Waals surface area contributed by atoms with Crippen molar-refractivity contribution in [3.8, 4) is 11.8 Å². The molecule has 2 amide bonds. The van der Waals surface area contributed by atoms with E-state index >= 15 is 0 Å². The predicted octanol–water partition coefficient (Wildman–Crippen LogP) is 1.32. The Balaban J connectivity index is 1.36. The van der Waals surface area contributed by atoms with Crippen molar-refractivity contribution in [2.24, 2.45) is 0 Å². The Morgan fingerprint density at radius 3 is 3.00 bits per heavy atom. The molecule has 2 fully saturated rings. The molecule has 0 aliphatic carbocycles. The van der Waals surface area contributed by atoms with Crippen LogP contribution in [0.4, 0.5) is 4.79 Å². The molecule has 9 nitrogen and oxygen atoms in total. The predicted molar refractivity (Wildman–Crippen MR) is 108 cm³/mol. The third kappa shape index (κ3) is 4.24. The summed E-state index contributed by atoms with van der Waals surface area (Å²) >= 11 is 0. The average Bonchev–Trinajstić information content (AvgIpc) is 3.18. The van der Waals surface area contributed by atoms with Crippen LogP contribution in [0.25, 0.3) is 5.65 Å². The summed E-state index contributed by atoms with van der Waals surface area (Å²) in [6.07, 6.45) is 2.63. The lowest BCUT2D eigenvalue weighted by molar-refractivity contribution is -0.163. The zero-order valence-electron chi connectivity index (χ0n) is 17.4. The molecule has 2 saturated heterocycles. The van der Waals surface area contributed by atoms with E-state index in [0.29, 0.717) is 38.3 Å². The smallest absolute Gasteiger partial charge is 0.410 e. The van der Waals surface area contributed by atoms with Gasteiger partial charge in [-0.25, -0.2) is 14.3 Å². The number of morpholine rings is 1. The molecule has 0 N–H and O–H groups in total. The highest BCUT2D eigenvalue weighted by atomic mass is 16.6. The summed E-state index contributed by atoms with van der Waals surface area (Å²) in [7, 11) is 0. The number of pyridine rings is 1. The van der Waals surface area contributed by atoms with Crippen LogP contribution in [0.3, 0.4) is 0 Å². The molecule has 9 heteroatoms. The molecule has 4 rings (SSSR count). The summed E-state index contributed by atoms with van der Waals surface area (Å²) in [5, 5.41) is 4.09. The molecular formula is C21H25N5O4. The Kier molecular flexibility index (Phi) is 5.35. The maximum Gasteiger partial charge on any atom is 0.410 e. The summed E-state index contributed by atoms with van der Waals surface area (Å²) in [5.74, 6) is 6.03. The van der Waals surface area contributed by atoms with Crippen molar-refractivity contribution in [2.45, 2.75) is 44.9 Å². The monoisotopic (exact) mass is 411 g/mol. The summed E-state index contributed by atoms with van der Waals surface area (Å²) in [5.41, 5.74) is 0.884. The number of piperazine rings is 1. The van der Waals surface area contributed by atoms with Gasteiger partial charge in [-0.15, -0.1) is 0 Å². The van der Waals surface area contributed by atoms with E-state index in [0.717, 1.165) is 5.56 Å². The first-order chi connectivity index (χ1) is 14.3. The number of ether oxygens (including phenoxy) is 2. The van der Waals surface area contributed by atoms with Crippen LogP contribution in [0.1, 0.15) is 32.8 Å². The number of aromatic nitrogens is 3. The van der Waals surface area contributed by atoms with Gasteiger partial charge in [-0.2, -0.15) is 5.10 Å². The zero-order valence-corrected chi connectivity index (χ0v) is 17.4. The molecule has 30 heavy (non-hydrogen) atoms. The van der Waals surface area contributed by atoms with Crippen LogP contribution in [-0.2, 0) is 14.3 Å². The number of hydrogen-bond acceptors (Lipinski definition) is 6. The Morgan fingerprint density at radius 1 is 1.37 bits per heavy atom. The molecule has 2 aromatic heterocycles. The second-order valence-electron chi connectivity index (χ2n) is 8.39. The summed E-state index contributed by atoms with van der Waals surface area (Å²) < 4.78 is 12.9. The molecule has 0 bridgehead atoms. The number of carbonyl (C=O) groups is 2. The normalized spacial score (nSPS) is 21.8. The third-order valence-corrected chi connectivity index (χ3v) is 5.00. The Hall–Kier alpha value is -3.12. The van der Waals surface area contributed by atoms with Crippen molar-refractivity contribution in [3.05, 3.63) is 30.2 Å². The average molecular weight is 411 g/mol. The number of amides is 2. The summed E-state index contributed by atoms with van der Waals surface area (Å²) in [4.78, 5) is 32.8. The molecule has 2 aliphatic rings. The van der Waals surface area contributed by atoms with E-state index in [1.54, 1.807) is 20.5 Å². The van der Waals surface area contributed by atoms with E-state index in [1.807, 2.05) is 32.9 Å². The molecular weight excluding hydrogens is 386 g/mol. The molecule has 158 valence electrons. The second-order valence-corrected chi connectivity index (χ2v) is 8.39. The fourth-order valence-electron chi connectivity index (χ4n) is 3.59. The molecule has 2 aromatic rings. The minimum Gasteiger partial charge on any atom is -0.444 e. The largest absolute Gasteiger partial charge is 0.444 e. The number of carbonyl (C=O) groups excluding carboxylic acids is 2. The number of rotatable bonds is 1. The van der Waals surface area contributed by atoms with Gasteiger partial charge in [0.2, 0.25) is 0 Å². The van der Waals surface area contributed by atoms with Crippen LogP contribution in [-0.4, -0.2) is 80.4 Å². The first-order valence-electron chi connectivity index (χ1n) is 9.99. The maximum atomic E-state index is 12.9. The highest BCUT2D eigenvalue weighted by molar-refractivity contribution is 5.83. The van der Waals surface area contributed by atoms with E-state index in [4.69, 9.17) is 9.47 Å². The fourth-order valence-corrected chi connectivity index (χ4v) is 3.59. The van der Waals surface area contributed by atoms with Crippen molar-refractivity contribution in [3.63, 3.8) is 0 Å². The van der Waals surface area contributed by atoms with Crippen molar-refractivity contribution in [2.75, 3.05) is 26.2 Å². The van der Waals surface area contributed by atoms with Gasteiger partial charge in [-0.1, -0.05) is 11.8 Å². The SMILES string of the molecule is CC(C)(C)OC(=O)N1CCN2C(=O)C(CC#Cc3cccn4ncnc34)OCC2C1. The molecule has 0 spiro atoms. The Morgan fingerprint density at radius 2 is 2.20 bits per heavy atom. The summed E-state index contributed by atoms with van der Waals surface area (Å²) in [6.45, 7) is 7.21. The van der Waals surface area contributed by atoms with Crippen molar-refractivity contribution in [1.82, 2.24) is 24.4 Å². The van der Waals surface area contributed by atoms with Gasteiger partial charge in [0.15, 0.2) is 5.65 Å². The van der Waals surface area contributed by atoms with Crippen LogP contribution < -0.4 is 0 Å².